The SMILES string of the molecule is O=C(c1cnc2c(c1)N(Cc1ccccc1)C(=O)CN2)N1CCC(Cn2ccnc2)CC1. The number of nitrogens with zero attached hydrogens (tertiary/aromatic N) is 5. The van der Waals surface area contributed by atoms with E-state index in [2.05, 4.69) is 19.9 Å². The van der Waals surface area contributed by atoms with Gasteiger partial charge in [0.2, 0.25) is 5.91 Å². The standard InChI is InChI=1S/C24H26N6O2/c31-22-14-27-23-21(30(22)16-18-4-2-1-3-5-18)12-20(13-26-23)24(32)29-9-6-19(7-10-29)15-28-11-8-25-17-28/h1-5,8,11-13,17,19H,6-7,9-10,14-16H2,(H,26,27). The van der Waals surface area contributed by atoms with Gasteiger partial charge in [-0.1, -0.05) is 30.3 Å². The van der Waals surface area contributed by atoms with E-state index in [-0.39, 0.29) is 18.4 Å². The van der Waals surface area contributed by atoms with Crippen molar-refractivity contribution in [2.45, 2.75) is 25.9 Å². The molecule has 0 atom stereocenters. The number of benzene rings is 1. The lowest BCUT2D eigenvalue weighted by molar-refractivity contribution is -0.117. The Labute approximate surface area is 186 Å². The van der Waals surface area contributed by atoms with Crippen LogP contribution in [-0.2, 0) is 17.9 Å². The Bertz CT molecular complexity index is 1090. The number of nitrogens with one attached hydrogen (secondary N) is 1. The zero-order chi connectivity index (χ0) is 21.9. The van der Waals surface area contributed by atoms with Gasteiger partial charge in [-0.15, -0.1) is 0 Å². The molecule has 2 aliphatic heterocycles. The maximum atomic E-state index is 13.2. The van der Waals surface area contributed by atoms with E-state index in [9.17, 15) is 9.59 Å². The molecule has 8 nitrogen and oxygen atoms in total. The first-order valence-electron chi connectivity index (χ1n) is 11.0. The number of likely N-dealkylation sites (tertiary alicyclic amines) is 1. The Morgan fingerprint density at radius 2 is 1.97 bits per heavy atom. The molecule has 32 heavy (non-hydrogen) atoms. The predicted octanol–water partition coefficient (Wildman–Crippen LogP) is 2.79. The van der Waals surface area contributed by atoms with Gasteiger partial charge < -0.3 is 19.7 Å². The van der Waals surface area contributed by atoms with E-state index in [1.165, 1.54) is 0 Å². The number of pyridine rings is 1. The third-order valence-corrected chi connectivity index (χ3v) is 6.23. The summed E-state index contributed by atoms with van der Waals surface area (Å²) in [5.74, 6) is 1.11. The highest BCUT2D eigenvalue weighted by Crippen LogP contribution is 2.30. The molecule has 0 saturated carbocycles. The lowest BCUT2D eigenvalue weighted by Gasteiger charge is -2.33. The second-order valence-corrected chi connectivity index (χ2v) is 8.41. The molecule has 2 amide bonds. The van der Waals surface area contributed by atoms with Crippen molar-refractivity contribution in [1.82, 2.24) is 19.4 Å². The molecule has 2 aromatic heterocycles. The molecule has 1 fully saturated rings. The predicted molar refractivity (Wildman–Crippen MR) is 121 cm³/mol. The average molecular weight is 431 g/mol. The first-order valence-corrected chi connectivity index (χ1v) is 11.0. The summed E-state index contributed by atoms with van der Waals surface area (Å²) in [6.07, 6.45) is 9.15. The van der Waals surface area contributed by atoms with Crippen LogP contribution in [0.2, 0.25) is 0 Å². The van der Waals surface area contributed by atoms with Crippen molar-refractivity contribution in [3.8, 4) is 0 Å². The Kier molecular flexibility index (Phi) is 5.58. The van der Waals surface area contributed by atoms with Gasteiger partial charge in [-0.2, -0.15) is 0 Å². The number of aromatic nitrogens is 3. The molecule has 4 heterocycles. The monoisotopic (exact) mass is 430 g/mol. The highest BCUT2D eigenvalue weighted by molar-refractivity contribution is 6.04. The molecule has 5 rings (SSSR count). The number of rotatable bonds is 5. The molecular weight excluding hydrogens is 404 g/mol. The quantitative estimate of drug-likeness (QED) is 0.673. The second kappa shape index (κ2) is 8.82. The molecule has 0 spiro atoms. The van der Waals surface area contributed by atoms with E-state index < -0.39 is 0 Å². The van der Waals surface area contributed by atoms with Crippen molar-refractivity contribution in [2.75, 3.05) is 29.9 Å². The molecule has 2 aliphatic rings. The number of carbonyl (C=O) groups excluding carboxylic acids is 2. The number of carbonyl (C=O) groups is 2. The number of amides is 2. The first-order chi connectivity index (χ1) is 15.7. The van der Waals surface area contributed by atoms with Crippen LogP contribution in [0.5, 0.6) is 0 Å². The van der Waals surface area contributed by atoms with Gasteiger partial charge in [-0.05, 0) is 30.4 Å². The number of hydrogen-bond acceptors (Lipinski definition) is 5. The van der Waals surface area contributed by atoms with Crippen molar-refractivity contribution < 1.29 is 9.59 Å². The minimum absolute atomic E-state index is 0.0286. The smallest absolute Gasteiger partial charge is 0.255 e. The van der Waals surface area contributed by atoms with E-state index in [1.54, 1.807) is 23.4 Å². The van der Waals surface area contributed by atoms with Crippen LogP contribution in [0.4, 0.5) is 11.5 Å². The number of piperidine rings is 1. The van der Waals surface area contributed by atoms with Gasteiger partial charge in [-0.3, -0.25) is 9.59 Å². The van der Waals surface area contributed by atoms with E-state index in [0.29, 0.717) is 29.5 Å². The fourth-order valence-electron chi connectivity index (χ4n) is 4.43. The molecule has 1 aromatic carbocycles. The Balaban J connectivity index is 1.29. The highest BCUT2D eigenvalue weighted by atomic mass is 16.2. The minimum Gasteiger partial charge on any atom is -0.359 e. The molecule has 1 N–H and O–H groups in total. The molecule has 3 aromatic rings. The molecule has 164 valence electrons. The summed E-state index contributed by atoms with van der Waals surface area (Å²) in [7, 11) is 0. The number of fused-ring (bicyclic) bond motifs is 1. The largest absolute Gasteiger partial charge is 0.359 e. The number of anilines is 2. The number of imidazole rings is 1. The van der Waals surface area contributed by atoms with Crippen molar-refractivity contribution >= 4 is 23.3 Å². The molecular formula is C24H26N6O2. The minimum atomic E-state index is -0.0342. The van der Waals surface area contributed by atoms with Crippen molar-refractivity contribution in [2.24, 2.45) is 5.92 Å². The second-order valence-electron chi connectivity index (χ2n) is 8.41. The van der Waals surface area contributed by atoms with Crippen molar-refractivity contribution in [3.63, 3.8) is 0 Å². The zero-order valence-electron chi connectivity index (χ0n) is 17.9. The van der Waals surface area contributed by atoms with Crippen LogP contribution in [0.1, 0.15) is 28.8 Å². The Morgan fingerprint density at radius 1 is 1.16 bits per heavy atom. The van der Waals surface area contributed by atoms with Gasteiger partial charge in [0.25, 0.3) is 5.91 Å². The molecule has 0 unspecified atom stereocenters. The van der Waals surface area contributed by atoms with Crippen LogP contribution < -0.4 is 10.2 Å². The van der Waals surface area contributed by atoms with Crippen LogP contribution in [0.25, 0.3) is 0 Å². The van der Waals surface area contributed by atoms with Crippen LogP contribution in [-0.4, -0.2) is 50.9 Å². The van der Waals surface area contributed by atoms with Crippen molar-refractivity contribution in [3.05, 3.63) is 72.4 Å². The van der Waals surface area contributed by atoms with Gasteiger partial charge in [0.1, 0.15) is 0 Å². The topological polar surface area (TPSA) is 83.4 Å². The molecule has 0 radical (unpaired) electrons. The van der Waals surface area contributed by atoms with Gasteiger partial charge in [-0.25, -0.2) is 9.97 Å². The summed E-state index contributed by atoms with van der Waals surface area (Å²) in [5, 5.41) is 3.07. The first kappa shape index (κ1) is 20.2. The maximum Gasteiger partial charge on any atom is 0.255 e. The highest BCUT2D eigenvalue weighted by Gasteiger charge is 2.28. The fraction of sp³-hybridized carbons (Fsp3) is 0.333. The van der Waals surface area contributed by atoms with Crippen molar-refractivity contribution in [1.29, 1.82) is 0 Å². The van der Waals surface area contributed by atoms with Crippen LogP contribution in [0.15, 0.2) is 61.3 Å². The van der Waals surface area contributed by atoms with Crippen LogP contribution in [0.3, 0.4) is 0 Å². The summed E-state index contributed by atoms with van der Waals surface area (Å²) >= 11 is 0. The maximum absolute atomic E-state index is 13.2. The fourth-order valence-corrected chi connectivity index (χ4v) is 4.43. The Morgan fingerprint density at radius 3 is 2.72 bits per heavy atom. The normalized spacial score (nSPS) is 16.6. The summed E-state index contributed by atoms with van der Waals surface area (Å²) in [6.45, 7) is 3.03. The van der Waals surface area contributed by atoms with E-state index in [0.717, 1.165) is 38.0 Å². The summed E-state index contributed by atoms with van der Waals surface area (Å²) < 4.78 is 2.10. The lowest BCUT2D eigenvalue weighted by Crippen LogP contribution is -2.41. The Hall–Kier alpha value is -3.68. The van der Waals surface area contributed by atoms with E-state index in [1.807, 2.05) is 47.8 Å². The summed E-state index contributed by atoms with van der Waals surface area (Å²) in [5.41, 5.74) is 2.21. The van der Waals surface area contributed by atoms with E-state index in [4.69, 9.17) is 0 Å². The summed E-state index contributed by atoms with van der Waals surface area (Å²) in [4.78, 5) is 38.0. The van der Waals surface area contributed by atoms with Crippen LogP contribution in [0, 0.1) is 5.92 Å². The lowest BCUT2D eigenvalue weighted by atomic mass is 9.96. The van der Waals surface area contributed by atoms with Gasteiger partial charge in [0.15, 0.2) is 5.82 Å². The molecule has 0 bridgehead atoms. The third-order valence-electron chi connectivity index (χ3n) is 6.23. The molecule has 0 aliphatic carbocycles. The van der Waals surface area contributed by atoms with Gasteiger partial charge in [0, 0.05) is 38.2 Å². The number of hydrogen-bond donors (Lipinski definition) is 1. The van der Waals surface area contributed by atoms with Crippen LogP contribution >= 0.6 is 0 Å². The van der Waals surface area contributed by atoms with Gasteiger partial charge in [0.05, 0.1) is 30.7 Å². The molecule has 1 saturated heterocycles. The summed E-state index contributed by atoms with van der Waals surface area (Å²) in [6, 6.07) is 11.6. The zero-order valence-corrected chi connectivity index (χ0v) is 17.9. The molecule has 8 heteroatoms. The average Bonchev–Trinajstić information content (AvgIpc) is 3.34. The van der Waals surface area contributed by atoms with E-state index >= 15 is 0 Å². The van der Waals surface area contributed by atoms with Gasteiger partial charge >= 0.3 is 0 Å². The third kappa shape index (κ3) is 4.21.